The van der Waals surface area contributed by atoms with Crippen LogP contribution in [0.1, 0.15) is 77.8 Å². The first-order valence-corrected chi connectivity index (χ1v) is 31.5. The first-order chi connectivity index (χ1) is 43.4. The van der Waals surface area contributed by atoms with Gasteiger partial charge < -0.3 is 83.7 Å². The van der Waals surface area contributed by atoms with Crippen molar-refractivity contribution in [1.29, 1.82) is 0 Å². The molecule has 496 valence electrons. The van der Waals surface area contributed by atoms with E-state index < -0.39 is 163 Å². The number of carbonyl (C=O) groups excluding carboxylic acids is 13. The summed E-state index contributed by atoms with van der Waals surface area (Å²) in [5.74, 6) is -9.84. The molecular formula is C59H82N14O16S2. The van der Waals surface area contributed by atoms with Gasteiger partial charge in [-0.3, -0.25) is 67.2 Å². The van der Waals surface area contributed by atoms with Gasteiger partial charge in [0.1, 0.15) is 30.2 Å². The summed E-state index contributed by atoms with van der Waals surface area (Å²) >= 11 is 5.09. The van der Waals surface area contributed by atoms with Crippen molar-refractivity contribution in [2.24, 2.45) is 11.8 Å². The lowest BCUT2D eigenvalue weighted by Crippen LogP contribution is -2.60. The van der Waals surface area contributed by atoms with Crippen LogP contribution in [0.5, 0.6) is 0 Å². The summed E-state index contributed by atoms with van der Waals surface area (Å²) < 4.78 is 0. The molecule has 15 N–H and O–H groups in total. The Kier molecular flexibility index (Phi) is 27.1. The van der Waals surface area contributed by atoms with Gasteiger partial charge in [0.25, 0.3) is 0 Å². The van der Waals surface area contributed by atoms with Crippen LogP contribution in [0.2, 0.25) is 0 Å². The number of rotatable bonds is 25. The molecule has 0 spiro atoms. The number of likely N-dealkylation sites (N-methyl/N-ethyl adjacent to an activating group) is 1. The van der Waals surface area contributed by atoms with E-state index in [0.717, 1.165) is 16.7 Å². The Labute approximate surface area is 534 Å². The van der Waals surface area contributed by atoms with Crippen LogP contribution in [0, 0.1) is 11.8 Å². The van der Waals surface area contributed by atoms with E-state index in [4.69, 9.17) is 0 Å². The molecule has 0 saturated carbocycles. The molecule has 91 heavy (non-hydrogen) atoms. The van der Waals surface area contributed by atoms with Gasteiger partial charge in [0, 0.05) is 86.3 Å². The highest BCUT2D eigenvalue weighted by atomic mass is 32.2. The molecule has 3 aliphatic heterocycles. The molecule has 12 unspecified atom stereocenters. The van der Waals surface area contributed by atoms with Crippen LogP contribution in [0.15, 0.2) is 53.6 Å². The normalized spacial score (nSPS) is 22.4. The minimum atomic E-state index is -1.68. The number of aromatic nitrogens is 1. The van der Waals surface area contributed by atoms with Gasteiger partial charge >= 0.3 is 0 Å². The van der Waals surface area contributed by atoms with Gasteiger partial charge in [-0.25, -0.2) is 0 Å². The van der Waals surface area contributed by atoms with Crippen LogP contribution in [-0.4, -0.2) is 219 Å². The molecule has 13 amide bonds. The minimum absolute atomic E-state index is 0.0548. The zero-order chi connectivity index (χ0) is 66.6. The number of para-hydroxylation sites is 1. The van der Waals surface area contributed by atoms with Crippen molar-refractivity contribution in [3.05, 3.63) is 59.7 Å². The molecule has 0 radical (unpaired) electrons. The van der Waals surface area contributed by atoms with Gasteiger partial charge in [-0.15, -0.1) is 11.8 Å². The van der Waals surface area contributed by atoms with E-state index >= 15 is 4.79 Å². The lowest BCUT2D eigenvalue weighted by Gasteiger charge is -2.33. The average Bonchev–Trinajstić information content (AvgIpc) is 1.82. The number of aliphatic hydroxyl groups is 3. The standard InChI is InChI=1S/C59H82N14O16S2/c1-6-30(3)50(65-29-75)55(86)64-25-48(81)68-42-28-91-57-38(37-10-8-9-11-39(37)71-57)19-40(53(84)60-7-2)69-56(87)51(31(4)43(77)27-74)63-23-35-18-36(76)26-73(35)58(88)41(70-54(42)85)20-46(79)61-22-33-12-14-34(15-13-33)67-52(83)32(5)66-47(80)24-62-45(78)16-17-72-49(82)21-44(90)59(72)89/h8-15,29-32,35-36,40-44,50-51,63,71,74,76-77,90H,6-7,16-28H2,1-5H3,(H,60,84)(H,61,79)(H,62,78)(H,64,86)(H,65,75)(H,66,80)(H,67,83)(H,68,81)(H,69,87)(H,70,85). The van der Waals surface area contributed by atoms with Crippen molar-refractivity contribution >= 4 is 118 Å². The van der Waals surface area contributed by atoms with E-state index in [9.17, 15) is 72.9 Å². The van der Waals surface area contributed by atoms with Crippen molar-refractivity contribution in [3.63, 3.8) is 0 Å². The summed E-state index contributed by atoms with van der Waals surface area (Å²) in [6, 6.07) is 4.55. The first kappa shape index (κ1) is 71.9. The molecule has 3 aliphatic rings. The van der Waals surface area contributed by atoms with Crippen molar-refractivity contribution in [2.75, 3.05) is 56.9 Å². The number of nitrogens with one attached hydrogen (secondary N) is 12. The SMILES string of the molecule is CCNC(=O)C1Cc2c([nH]c3ccccc23)SCC(NC(=O)CNC(=O)C(NC=O)C(C)CC)C(=O)NC(CC(=O)NCc2ccc(NC(=O)C(C)NC(=O)CNC(=O)CCN3C(=O)CC(S)C3=O)cc2)C(=O)N2CC(O)CC2CNC(C(C)C(O)CO)C(=O)N1. The van der Waals surface area contributed by atoms with Gasteiger partial charge in [0.15, 0.2) is 0 Å². The van der Waals surface area contributed by atoms with Gasteiger partial charge in [0.05, 0.1) is 54.6 Å². The number of hydrogen-bond acceptors (Lipinski definition) is 19. The molecule has 32 heteroatoms. The highest BCUT2D eigenvalue weighted by Crippen LogP contribution is 2.32. The summed E-state index contributed by atoms with van der Waals surface area (Å²) in [6.45, 7) is 5.66. The fourth-order valence-corrected chi connectivity index (χ4v) is 11.9. The van der Waals surface area contributed by atoms with E-state index in [2.05, 4.69) is 76.1 Å². The average molecular weight is 1310 g/mol. The topological polar surface area (TPSA) is 437 Å². The number of anilines is 1. The Hall–Kier alpha value is -8.17. The number of aromatic amines is 1. The van der Waals surface area contributed by atoms with Crippen molar-refractivity contribution in [3.8, 4) is 0 Å². The quantitative estimate of drug-likeness (QED) is 0.0221. The maximum Gasteiger partial charge on any atom is 0.246 e. The summed E-state index contributed by atoms with van der Waals surface area (Å²) in [5, 5.41) is 61.5. The van der Waals surface area contributed by atoms with E-state index in [0.29, 0.717) is 45.6 Å². The molecule has 1 aromatic heterocycles. The molecule has 2 saturated heterocycles. The molecule has 0 aliphatic carbocycles. The van der Waals surface area contributed by atoms with Crippen LogP contribution in [-0.2, 0) is 75.3 Å². The van der Waals surface area contributed by atoms with Gasteiger partial charge in [-0.05, 0) is 55.5 Å². The van der Waals surface area contributed by atoms with Crippen molar-refractivity contribution in [1.82, 2.24) is 68.0 Å². The molecule has 4 heterocycles. The van der Waals surface area contributed by atoms with E-state index in [-0.39, 0.29) is 70.1 Å². The third-order valence-electron chi connectivity index (χ3n) is 15.9. The van der Waals surface area contributed by atoms with E-state index in [1.165, 1.54) is 30.9 Å². The maximum absolute atomic E-state index is 15.0. The number of carbonyl (C=O) groups is 13. The lowest BCUT2D eigenvalue weighted by atomic mass is 9.94. The van der Waals surface area contributed by atoms with Crippen molar-refractivity contribution in [2.45, 2.75) is 144 Å². The second kappa shape index (κ2) is 34.3. The lowest BCUT2D eigenvalue weighted by molar-refractivity contribution is -0.140. The molecule has 2 fully saturated rings. The summed E-state index contributed by atoms with van der Waals surface area (Å²) in [4.78, 5) is 178. The Balaban J connectivity index is 1.22. The largest absolute Gasteiger partial charge is 0.394 e. The zero-order valence-corrected chi connectivity index (χ0v) is 52.8. The van der Waals surface area contributed by atoms with Crippen molar-refractivity contribution < 1.29 is 77.6 Å². The number of thiol groups is 1. The summed E-state index contributed by atoms with van der Waals surface area (Å²) in [6.07, 6.45) is -2.88. The number of fused-ring (bicyclic) bond motifs is 4. The Morgan fingerprint density at radius 3 is 2.22 bits per heavy atom. The molecule has 6 rings (SSSR count). The summed E-state index contributed by atoms with van der Waals surface area (Å²) in [7, 11) is 0. The van der Waals surface area contributed by atoms with Crippen LogP contribution >= 0.6 is 24.4 Å². The number of likely N-dealkylation sites (tertiary alicyclic amines) is 1. The number of benzene rings is 2. The monoisotopic (exact) mass is 1310 g/mol. The molecule has 3 aromatic rings. The number of hydrogen-bond donors (Lipinski definition) is 16. The fourth-order valence-electron chi connectivity index (χ4n) is 10.5. The smallest absolute Gasteiger partial charge is 0.246 e. The van der Waals surface area contributed by atoms with E-state index in [1.54, 1.807) is 50.2 Å². The van der Waals surface area contributed by atoms with Gasteiger partial charge in [0.2, 0.25) is 77.3 Å². The minimum Gasteiger partial charge on any atom is -0.394 e. The third-order valence-corrected chi connectivity index (χ3v) is 17.5. The molecule has 0 bridgehead atoms. The molecule has 2 aromatic carbocycles. The van der Waals surface area contributed by atoms with Crippen LogP contribution in [0.3, 0.4) is 0 Å². The number of aliphatic hydroxyl groups excluding tert-OH is 3. The molecule has 30 nitrogen and oxygen atoms in total. The number of thioether (sulfide) groups is 1. The van der Waals surface area contributed by atoms with Crippen LogP contribution in [0.4, 0.5) is 5.69 Å². The third kappa shape index (κ3) is 20.2. The Morgan fingerprint density at radius 2 is 1.55 bits per heavy atom. The zero-order valence-electron chi connectivity index (χ0n) is 51.1. The highest BCUT2D eigenvalue weighted by Gasteiger charge is 2.42. The van der Waals surface area contributed by atoms with Crippen LogP contribution < -0.4 is 58.5 Å². The van der Waals surface area contributed by atoms with Gasteiger partial charge in [-0.1, -0.05) is 57.5 Å². The predicted molar refractivity (Wildman–Crippen MR) is 334 cm³/mol. The summed E-state index contributed by atoms with van der Waals surface area (Å²) in [5.41, 5.74) is 1.95. The van der Waals surface area contributed by atoms with Gasteiger partial charge in [-0.2, -0.15) is 12.6 Å². The highest BCUT2D eigenvalue weighted by molar-refractivity contribution is 7.99. The number of nitrogens with zero attached hydrogens (tertiary/aromatic N) is 2. The maximum atomic E-state index is 15.0. The van der Waals surface area contributed by atoms with E-state index in [1.807, 2.05) is 6.92 Å². The fraction of sp³-hybridized carbons (Fsp3) is 0.542. The molecular weight excluding hydrogens is 1220 g/mol. The number of imide groups is 1. The second-order valence-corrected chi connectivity index (χ2v) is 24.3. The first-order valence-electron chi connectivity index (χ1n) is 30.0. The predicted octanol–water partition coefficient (Wildman–Crippen LogP) is -3.69. The number of H-pyrrole nitrogens is 1. The second-order valence-electron chi connectivity index (χ2n) is 22.6. The van der Waals surface area contributed by atoms with Crippen LogP contribution in [0.25, 0.3) is 10.9 Å². The number of amides is 13. The molecule has 12 atom stereocenters. The Bertz CT molecular complexity index is 3150. The Morgan fingerprint density at radius 1 is 0.835 bits per heavy atom.